The maximum atomic E-state index is 13.6. The molecular formula is C22H23F5N2O3. The molecule has 2 aromatic rings. The van der Waals surface area contributed by atoms with Crippen LogP contribution in [0.4, 0.5) is 26.7 Å². The Morgan fingerprint density at radius 3 is 2.25 bits per heavy atom. The number of urea groups is 1. The Morgan fingerprint density at radius 1 is 1.06 bits per heavy atom. The summed E-state index contributed by atoms with van der Waals surface area (Å²) in [5, 5.41) is 2.74. The first-order chi connectivity index (χ1) is 15.0. The summed E-state index contributed by atoms with van der Waals surface area (Å²) in [5.41, 5.74) is -0.618. The van der Waals surface area contributed by atoms with Crippen LogP contribution in [-0.2, 0) is 10.9 Å². The molecule has 1 N–H and O–H groups in total. The molecular weight excluding hydrogens is 435 g/mol. The molecule has 0 saturated carbocycles. The van der Waals surface area contributed by atoms with Gasteiger partial charge in [-0.2, -0.15) is 22.0 Å². The van der Waals surface area contributed by atoms with Gasteiger partial charge in [-0.1, -0.05) is 30.3 Å². The summed E-state index contributed by atoms with van der Waals surface area (Å²) >= 11 is 0. The van der Waals surface area contributed by atoms with Crippen molar-refractivity contribution in [2.45, 2.75) is 44.9 Å². The van der Waals surface area contributed by atoms with E-state index in [9.17, 15) is 26.7 Å². The lowest BCUT2D eigenvalue weighted by Gasteiger charge is -2.41. The summed E-state index contributed by atoms with van der Waals surface area (Å²) in [4.78, 5) is 13.6. The van der Waals surface area contributed by atoms with Gasteiger partial charge in [0.05, 0.1) is 24.8 Å². The summed E-state index contributed by atoms with van der Waals surface area (Å²) in [7, 11) is 0. The Morgan fingerprint density at radius 2 is 1.69 bits per heavy atom. The van der Waals surface area contributed by atoms with Gasteiger partial charge in [-0.15, -0.1) is 0 Å². The molecule has 1 heterocycles. The highest BCUT2D eigenvalue weighted by Gasteiger charge is 2.39. The minimum atomic E-state index is -4.61. The average molecular weight is 458 g/mol. The molecule has 1 atom stereocenters. The molecule has 1 saturated heterocycles. The molecule has 0 spiro atoms. The second-order valence-electron chi connectivity index (χ2n) is 7.68. The highest BCUT2D eigenvalue weighted by molar-refractivity contribution is 5.75. The van der Waals surface area contributed by atoms with Crippen molar-refractivity contribution in [3.8, 4) is 5.75 Å². The fourth-order valence-electron chi connectivity index (χ4n) is 3.36. The molecule has 1 unspecified atom stereocenters. The number of amides is 2. The first kappa shape index (κ1) is 23.8. The first-order valence-corrected chi connectivity index (χ1v) is 9.96. The molecule has 32 heavy (non-hydrogen) atoms. The van der Waals surface area contributed by atoms with Crippen molar-refractivity contribution in [1.29, 1.82) is 0 Å². The fraction of sp³-hybridized carbons (Fsp3) is 0.409. The van der Waals surface area contributed by atoms with Gasteiger partial charge in [0.1, 0.15) is 11.9 Å². The zero-order valence-corrected chi connectivity index (χ0v) is 17.4. The molecule has 3 rings (SSSR count). The third-order valence-corrected chi connectivity index (χ3v) is 4.83. The van der Waals surface area contributed by atoms with Crippen molar-refractivity contribution < 1.29 is 36.2 Å². The van der Waals surface area contributed by atoms with Crippen LogP contribution < -0.4 is 10.1 Å². The highest BCUT2D eigenvalue weighted by atomic mass is 19.4. The standard InChI is InChI=1S/C22H23F5N2O3/c1-13(2)28-21(30)29-11-16(12-29)31-19(14-7-9-15(10-8-14)32-20(23)24)17-5-3-4-6-18(17)22(25,26)27/h3-10,13,16,19-20H,11-12H2,1-2H3,(H,28,30). The number of nitrogens with zero attached hydrogens (tertiary/aromatic N) is 1. The van der Waals surface area contributed by atoms with E-state index in [0.717, 1.165) is 6.07 Å². The van der Waals surface area contributed by atoms with Gasteiger partial charge in [-0.25, -0.2) is 4.79 Å². The van der Waals surface area contributed by atoms with Gasteiger partial charge in [0.15, 0.2) is 0 Å². The van der Waals surface area contributed by atoms with Crippen LogP contribution in [-0.4, -0.2) is 42.8 Å². The van der Waals surface area contributed by atoms with Gasteiger partial charge in [0, 0.05) is 6.04 Å². The predicted molar refractivity (Wildman–Crippen MR) is 106 cm³/mol. The van der Waals surface area contributed by atoms with Crippen molar-refractivity contribution in [3.05, 3.63) is 65.2 Å². The number of carbonyl (C=O) groups excluding carboxylic acids is 1. The van der Waals surface area contributed by atoms with Crippen LogP contribution in [0, 0.1) is 0 Å². The van der Waals surface area contributed by atoms with Crippen molar-refractivity contribution in [1.82, 2.24) is 10.2 Å². The van der Waals surface area contributed by atoms with Gasteiger partial charge in [-0.3, -0.25) is 0 Å². The lowest BCUT2D eigenvalue weighted by molar-refractivity contribution is -0.140. The Bertz CT molecular complexity index is 913. The number of carbonyl (C=O) groups is 1. The van der Waals surface area contributed by atoms with Gasteiger partial charge in [-0.05, 0) is 43.2 Å². The Kier molecular flexibility index (Phi) is 7.22. The fourth-order valence-corrected chi connectivity index (χ4v) is 3.36. The molecule has 0 radical (unpaired) electrons. The van der Waals surface area contributed by atoms with Crippen molar-refractivity contribution in [3.63, 3.8) is 0 Å². The number of rotatable bonds is 7. The Balaban J connectivity index is 1.85. The summed E-state index contributed by atoms with van der Waals surface area (Å²) in [6.07, 6.45) is -6.22. The largest absolute Gasteiger partial charge is 0.435 e. The molecule has 10 heteroatoms. The predicted octanol–water partition coefficient (Wildman–Crippen LogP) is 5.22. The molecule has 0 aromatic heterocycles. The second-order valence-corrected chi connectivity index (χ2v) is 7.68. The first-order valence-electron chi connectivity index (χ1n) is 9.96. The van der Waals surface area contributed by atoms with Crippen LogP contribution in [0.1, 0.15) is 36.6 Å². The van der Waals surface area contributed by atoms with Crippen LogP contribution in [0.2, 0.25) is 0 Å². The van der Waals surface area contributed by atoms with Crippen LogP contribution in [0.15, 0.2) is 48.5 Å². The van der Waals surface area contributed by atoms with E-state index in [1.54, 1.807) is 0 Å². The van der Waals surface area contributed by atoms with E-state index in [0.29, 0.717) is 5.56 Å². The lowest BCUT2D eigenvalue weighted by atomic mass is 9.95. The summed E-state index contributed by atoms with van der Waals surface area (Å²) in [6, 6.07) is 9.97. The van der Waals surface area contributed by atoms with E-state index in [2.05, 4.69) is 10.1 Å². The zero-order valence-electron chi connectivity index (χ0n) is 17.4. The van der Waals surface area contributed by atoms with Gasteiger partial charge < -0.3 is 19.7 Å². The molecule has 1 aliphatic heterocycles. The third kappa shape index (κ3) is 5.87. The topological polar surface area (TPSA) is 50.8 Å². The monoisotopic (exact) mass is 458 g/mol. The minimum Gasteiger partial charge on any atom is -0.435 e. The molecule has 5 nitrogen and oxygen atoms in total. The van der Waals surface area contributed by atoms with Crippen LogP contribution in [0.5, 0.6) is 5.75 Å². The molecule has 2 amide bonds. The number of hydrogen-bond donors (Lipinski definition) is 1. The highest BCUT2D eigenvalue weighted by Crippen LogP contribution is 2.39. The minimum absolute atomic E-state index is 0.0529. The number of nitrogens with one attached hydrogen (secondary N) is 1. The normalized spacial score (nSPS) is 15.6. The van der Waals surface area contributed by atoms with E-state index >= 15 is 0 Å². The van der Waals surface area contributed by atoms with Crippen molar-refractivity contribution in [2.75, 3.05) is 13.1 Å². The molecule has 174 valence electrons. The number of likely N-dealkylation sites (tertiary alicyclic amines) is 1. The maximum absolute atomic E-state index is 13.6. The summed E-state index contributed by atoms with van der Waals surface area (Å²) in [5.74, 6) is -0.119. The van der Waals surface area contributed by atoms with Crippen molar-refractivity contribution >= 4 is 6.03 Å². The van der Waals surface area contributed by atoms with Crippen LogP contribution in [0.3, 0.4) is 0 Å². The SMILES string of the molecule is CC(C)NC(=O)N1CC(OC(c2ccc(OC(F)F)cc2)c2ccccc2C(F)(F)F)C1. The van der Waals surface area contributed by atoms with Gasteiger partial charge in [0.25, 0.3) is 0 Å². The van der Waals surface area contributed by atoms with Gasteiger partial charge >= 0.3 is 18.8 Å². The molecule has 0 aliphatic carbocycles. The molecule has 0 bridgehead atoms. The quantitative estimate of drug-likeness (QED) is 0.580. The number of alkyl halides is 5. The number of halogens is 5. The smallest absolute Gasteiger partial charge is 0.416 e. The van der Waals surface area contributed by atoms with E-state index < -0.39 is 30.6 Å². The van der Waals surface area contributed by atoms with Crippen LogP contribution >= 0.6 is 0 Å². The molecule has 2 aromatic carbocycles. The average Bonchev–Trinajstić information content (AvgIpc) is 2.66. The van der Waals surface area contributed by atoms with Gasteiger partial charge in [0.2, 0.25) is 0 Å². The number of hydrogen-bond acceptors (Lipinski definition) is 3. The Hall–Kier alpha value is -2.88. The van der Waals surface area contributed by atoms with E-state index in [1.807, 2.05) is 13.8 Å². The maximum Gasteiger partial charge on any atom is 0.416 e. The Labute approximate surface area is 182 Å². The number of ether oxygens (including phenoxy) is 2. The number of benzene rings is 2. The summed E-state index contributed by atoms with van der Waals surface area (Å²) in [6.45, 7) is 1.05. The van der Waals surface area contributed by atoms with E-state index in [1.165, 1.54) is 47.4 Å². The zero-order chi connectivity index (χ0) is 23.5. The lowest BCUT2D eigenvalue weighted by Crippen LogP contribution is -2.58. The van der Waals surface area contributed by atoms with Crippen molar-refractivity contribution in [2.24, 2.45) is 0 Å². The van der Waals surface area contributed by atoms with E-state index in [-0.39, 0.29) is 36.5 Å². The molecule has 1 aliphatic rings. The van der Waals surface area contributed by atoms with E-state index in [4.69, 9.17) is 4.74 Å². The van der Waals surface area contributed by atoms with Crippen LogP contribution in [0.25, 0.3) is 0 Å². The third-order valence-electron chi connectivity index (χ3n) is 4.83. The summed E-state index contributed by atoms with van der Waals surface area (Å²) < 4.78 is 76.1. The second kappa shape index (κ2) is 9.72. The molecule has 1 fully saturated rings.